The number of ether oxygens (including phenoxy) is 3. The van der Waals surface area contributed by atoms with Gasteiger partial charge in [-0.2, -0.15) is 0 Å². The summed E-state index contributed by atoms with van der Waals surface area (Å²) < 4.78 is 18.1. The van der Waals surface area contributed by atoms with Crippen molar-refractivity contribution in [2.75, 3.05) is 14.2 Å². The van der Waals surface area contributed by atoms with Crippen LogP contribution in [-0.2, 0) is 39.4 Å². The molecule has 0 unspecified atom stereocenters. The largest absolute Gasteiger partial charge is 0.497 e. The van der Waals surface area contributed by atoms with E-state index in [1.54, 1.807) is 11.7 Å². The fraction of sp³-hybridized carbons (Fsp3) is 0.375. The number of fused-ring (bicyclic) bond motifs is 5. The third kappa shape index (κ3) is 2.53. The fourth-order valence-electron chi connectivity index (χ4n) is 5.00. The second kappa shape index (κ2) is 6.92. The smallest absolute Gasteiger partial charge is 0.343 e. The van der Waals surface area contributed by atoms with Gasteiger partial charge in [0.15, 0.2) is 5.60 Å². The minimum atomic E-state index is -1.27. The molecule has 4 heterocycles. The van der Waals surface area contributed by atoms with E-state index in [0.29, 0.717) is 24.1 Å². The van der Waals surface area contributed by atoms with Gasteiger partial charge in [0.1, 0.15) is 12.4 Å². The molecule has 0 saturated heterocycles. The third-order valence-corrected chi connectivity index (χ3v) is 6.68. The van der Waals surface area contributed by atoms with Crippen LogP contribution in [-0.4, -0.2) is 29.7 Å². The van der Waals surface area contributed by atoms with Crippen molar-refractivity contribution in [3.63, 3.8) is 0 Å². The molecule has 0 radical (unpaired) electrons. The van der Waals surface area contributed by atoms with Crippen molar-refractivity contribution in [2.24, 2.45) is 0 Å². The van der Waals surface area contributed by atoms with E-state index in [4.69, 9.17) is 19.2 Å². The van der Waals surface area contributed by atoms with E-state index in [1.165, 1.54) is 7.11 Å². The van der Waals surface area contributed by atoms with E-state index < -0.39 is 11.6 Å². The Morgan fingerprint density at radius 2 is 1.97 bits per heavy atom. The molecule has 0 spiro atoms. The van der Waals surface area contributed by atoms with Gasteiger partial charge in [0.25, 0.3) is 5.56 Å². The van der Waals surface area contributed by atoms with Crippen LogP contribution in [0.15, 0.2) is 29.1 Å². The lowest BCUT2D eigenvalue weighted by Crippen LogP contribution is -2.45. The second-order valence-electron chi connectivity index (χ2n) is 7.93. The van der Waals surface area contributed by atoms with Crippen molar-refractivity contribution in [3.05, 3.63) is 56.9 Å². The molecule has 5 rings (SSSR count). The Morgan fingerprint density at radius 3 is 2.65 bits per heavy atom. The number of benzene rings is 1. The quantitative estimate of drug-likeness (QED) is 0.472. The second-order valence-corrected chi connectivity index (χ2v) is 7.93. The number of esters is 1. The Balaban J connectivity index is 1.82. The minimum absolute atomic E-state index is 0.0397. The minimum Gasteiger partial charge on any atom is -0.497 e. The predicted octanol–water partition coefficient (Wildman–Crippen LogP) is 3.30. The average molecular weight is 420 g/mol. The number of cyclic esters (lactones) is 1. The molecule has 0 aliphatic carbocycles. The summed E-state index contributed by atoms with van der Waals surface area (Å²) in [5.74, 6) is 0.316. The molecule has 0 bridgehead atoms. The summed E-state index contributed by atoms with van der Waals surface area (Å²) in [6, 6.07) is 7.73. The maximum absolute atomic E-state index is 13.5. The highest BCUT2D eigenvalue weighted by Gasteiger charge is 2.47. The molecule has 0 saturated carbocycles. The maximum Gasteiger partial charge on any atom is 0.343 e. The molecule has 3 aromatic rings. The summed E-state index contributed by atoms with van der Waals surface area (Å²) in [6.45, 7) is 4.36. The number of methoxy groups -OCH3 is 2. The Morgan fingerprint density at radius 1 is 1.16 bits per heavy atom. The average Bonchev–Trinajstić information content (AvgIpc) is 3.16. The summed E-state index contributed by atoms with van der Waals surface area (Å²) in [4.78, 5) is 31.0. The highest BCUT2D eigenvalue weighted by Crippen LogP contribution is 2.41. The van der Waals surface area contributed by atoms with Crippen molar-refractivity contribution >= 4 is 16.9 Å². The van der Waals surface area contributed by atoms with Crippen LogP contribution < -0.4 is 10.3 Å². The normalized spacial score (nSPS) is 19.0. The van der Waals surface area contributed by atoms with Gasteiger partial charge >= 0.3 is 5.97 Å². The summed E-state index contributed by atoms with van der Waals surface area (Å²) in [5, 5.41) is 1.03. The van der Waals surface area contributed by atoms with Gasteiger partial charge < -0.3 is 18.8 Å². The molecular formula is C24H24N2O5. The van der Waals surface area contributed by atoms with Crippen molar-refractivity contribution in [3.8, 4) is 17.1 Å². The van der Waals surface area contributed by atoms with Gasteiger partial charge in [0.05, 0.1) is 36.1 Å². The van der Waals surface area contributed by atoms with Crippen LogP contribution in [0.5, 0.6) is 5.75 Å². The monoisotopic (exact) mass is 420 g/mol. The number of nitrogens with zero attached hydrogens (tertiary/aromatic N) is 2. The SMILES string of the molecule is CCc1c2c(nc3ccc(OC)cc13)-c1cc3c(c(=O)n1C2)COC(=O)[C@@]3(CC)OC. The van der Waals surface area contributed by atoms with E-state index in [0.717, 1.165) is 45.6 Å². The molecule has 1 atom stereocenters. The van der Waals surface area contributed by atoms with Crippen LogP contribution >= 0.6 is 0 Å². The molecule has 2 aliphatic rings. The number of hydrogen-bond acceptors (Lipinski definition) is 6. The zero-order valence-corrected chi connectivity index (χ0v) is 18.1. The van der Waals surface area contributed by atoms with Crippen LogP contribution in [0.25, 0.3) is 22.3 Å². The van der Waals surface area contributed by atoms with Gasteiger partial charge in [0, 0.05) is 23.6 Å². The molecule has 0 N–H and O–H groups in total. The first kappa shape index (κ1) is 19.8. The Labute approximate surface area is 179 Å². The Hall–Kier alpha value is -3.19. The first-order valence-electron chi connectivity index (χ1n) is 10.5. The highest BCUT2D eigenvalue weighted by atomic mass is 16.6. The molecule has 2 aromatic heterocycles. The van der Waals surface area contributed by atoms with Gasteiger partial charge in [-0.15, -0.1) is 0 Å². The molecule has 1 aromatic carbocycles. The van der Waals surface area contributed by atoms with Gasteiger partial charge in [-0.05, 0) is 42.7 Å². The van der Waals surface area contributed by atoms with Crippen molar-refractivity contribution < 1.29 is 19.0 Å². The van der Waals surface area contributed by atoms with Gasteiger partial charge in [-0.1, -0.05) is 13.8 Å². The number of aromatic nitrogens is 2. The number of rotatable bonds is 4. The first-order valence-corrected chi connectivity index (χ1v) is 10.5. The first-order chi connectivity index (χ1) is 15.0. The molecule has 7 heteroatoms. The number of hydrogen-bond donors (Lipinski definition) is 0. The van der Waals surface area contributed by atoms with Crippen molar-refractivity contribution in [2.45, 2.75) is 45.4 Å². The predicted molar refractivity (Wildman–Crippen MR) is 115 cm³/mol. The van der Waals surface area contributed by atoms with E-state index in [2.05, 4.69) is 6.92 Å². The number of carbonyl (C=O) groups excluding carboxylic acids is 1. The summed E-state index contributed by atoms with van der Waals surface area (Å²) in [6.07, 6.45) is 1.17. The van der Waals surface area contributed by atoms with Crippen LogP contribution in [0, 0.1) is 0 Å². The summed E-state index contributed by atoms with van der Waals surface area (Å²) in [7, 11) is 3.12. The van der Waals surface area contributed by atoms with Crippen LogP contribution in [0.1, 0.15) is 42.5 Å². The van der Waals surface area contributed by atoms with E-state index in [-0.39, 0.29) is 12.2 Å². The topological polar surface area (TPSA) is 79.6 Å². The van der Waals surface area contributed by atoms with Crippen molar-refractivity contribution in [1.82, 2.24) is 9.55 Å². The Kier molecular flexibility index (Phi) is 4.41. The zero-order chi connectivity index (χ0) is 21.9. The lowest BCUT2D eigenvalue weighted by Gasteiger charge is -2.34. The molecule has 0 fully saturated rings. The van der Waals surface area contributed by atoms with Crippen LogP contribution in [0.4, 0.5) is 0 Å². The molecular weight excluding hydrogens is 396 g/mol. The van der Waals surface area contributed by atoms with Gasteiger partial charge in [-0.3, -0.25) is 4.79 Å². The van der Waals surface area contributed by atoms with E-state index in [9.17, 15) is 9.59 Å². The summed E-state index contributed by atoms with van der Waals surface area (Å²) >= 11 is 0. The maximum atomic E-state index is 13.5. The number of pyridine rings is 2. The summed E-state index contributed by atoms with van der Waals surface area (Å²) in [5.41, 5.74) is 4.18. The van der Waals surface area contributed by atoms with E-state index in [1.807, 2.05) is 31.2 Å². The van der Waals surface area contributed by atoms with Crippen LogP contribution in [0.3, 0.4) is 0 Å². The Bertz CT molecular complexity index is 1300. The lowest BCUT2D eigenvalue weighted by atomic mass is 9.85. The van der Waals surface area contributed by atoms with E-state index >= 15 is 0 Å². The molecule has 160 valence electrons. The van der Waals surface area contributed by atoms with Crippen LogP contribution in [0.2, 0.25) is 0 Å². The van der Waals surface area contributed by atoms with Gasteiger partial charge in [0.2, 0.25) is 0 Å². The molecule has 7 nitrogen and oxygen atoms in total. The molecule has 2 aliphatic heterocycles. The highest BCUT2D eigenvalue weighted by molar-refractivity contribution is 5.90. The van der Waals surface area contributed by atoms with Gasteiger partial charge in [-0.25, -0.2) is 9.78 Å². The van der Waals surface area contributed by atoms with Crippen molar-refractivity contribution in [1.29, 1.82) is 0 Å². The number of carbonyl (C=O) groups is 1. The molecule has 31 heavy (non-hydrogen) atoms. The standard InChI is InChI=1S/C24H24N2O5/c1-5-14-15-9-13(29-3)7-8-19(15)25-21-16(14)11-26-20(21)10-18-17(22(26)27)12-31-23(28)24(18,6-2)30-4/h7-10H,5-6,11-12H2,1-4H3/t24-/m0/s1. The fourth-order valence-corrected chi connectivity index (χ4v) is 5.00. The third-order valence-electron chi connectivity index (χ3n) is 6.68. The lowest BCUT2D eigenvalue weighted by molar-refractivity contribution is -0.176. The number of aryl methyl sites for hydroxylation is 1. The zero-order valence-electron chi connectivity index (χ0n) is 18.1. The molecule has 0 amide bonds.